The van der Waals surface area contributed by atoms with Gasteiger partial charge in [0.2, 0.25) is 0 Å². The fourth-order valence-corrected chi connectivity index (χ4v) is 2.81. The van der Waals surface area contributed by atoms with Gasteiger partial charge in [0.05, 0.1) is 11.2 Å². The summed E-state index contributed by atoms with van der Waals surface area (Å²) in [5.74, 6) is 0.725. The number of thioether (sulfide) groups is 1. The van der Waals surface area contributed by atoms with Gasteiger partial charge in [0.1, 0.15) is 5.82 Å². The van der Waals surface area contributed by atoms with Crippen LogP contribution in [-0.2, 0) is 0 Å². The van der Waals surface area contributed by atoms with Crippen LogP contribution in [0.25, 0.3) is 0 Å². The van der Waals surface area contributed by atoms with E-state index in [0.29, 0.717) is 5.69 Å². The van der Waals surface area contributed by atoms with Crippen LogP contribution < -0.4 is 5.32 Å². The molecule has 0 bridgehead atoms. The SMILES string of the molecule is CCC1(C)CSC(Nc2cc(C)ccc2F)=N1. The molecule has 0 radical (unpaired) electrons. The van der Waals surface area contributed by atoms with E-state index in [1.54, 1.807) is 23.9 Å². The molecular formula is C13H17FN2S. The van der Waals surface area contributed by atoms with Crippen LogP contribution >= 0.6 is 11.8 Å². The molecule has 2 rings (SSSR count). The molecule has 92 valence electrons. The molecule has 1 N–H and O–H groups in total. The molecular weight excluding hydrogens is 235 g/mol. The van der Waals surface area contributed by atoms with Crippen molar-refractivity contribution in [3.63, 3.8) is 0 Å². The summed E-state index contributed by atoms with van der Waals surface area (Å²) in [6.45, 7) is 6.20. The summed E-state index contributed by atoms with van der Waals surface area (Å²) < 4.78 is 13.6. The van der Waals surface area contributed by atoms with Crippen LogP contribution in [0.1, 0.15) is 25.8 Å². The molecule has 17 heavy (non-hydrogen) atoms. The van der Waals surface area contributed by atoms with Crippen LogP contribution in [-0.4, -0.2) is 16.5 Å². The van der Waals surface area contributed by atoms with Gasteiger partial charge in [0.15, 0.2) is 5.17 Å². The Hall–Kier alpha value is -1.03. The second kappa shape index (κ2) is 4.69. The first-order chi connectivity index (χ1) is 8.02. The first-order valence-corrected chi connectivity index (χ1v) is 6.77. The van der Waals surface area contributed by atoms with E-state index in [9.17, 15) is 4.39 Å². The Labute approximate surface area is 106 Å². The van der Waals surface area contributed by atoms with E-state index in [4.69, 9.17) is 0 Å². The maximum Gasteiger partial charge on any atom is 0.161 e. The third kappa shape index (κ3) is 2.80. The van der Waals surface area contributed by atoms with Gasteiger partial charge in [-0.1, -0.05) is 24.8 Å². The number of anilines is 1. The van der Waals surface area contributed by atoms with Crippen LogP contribution in [0.5, 0.6) is 0 Å². The number of aliphatic imine (C=N–C) groups is 1. The van der Waals surface area contributed by atoms with Crippen molar-refractivity contribution in [3.8, 4) is 0 Å². The lowest BCUT2D eigenvalue weighted by atomic mass is 10.0. The summed E-state index contributed by atoms with van der Waals surface area (Å²) in [7, 11) is 0. The summed E-state index contributed by atoms with van der Waals surface area (Å²) in [5.41, 5.74) is 1.54. The second-order valence-corrected chi connectivity index (χ2v) is 5.63. The summed E-state index contributed by atoms with van der Waals surface area (Å²) in [4.78, 5) is 4.61. The summed E-state index contributed by atoms with van der Waals surface area (Å²) in [5, 5.41) is 3.90. The van der Waals surface area contributed by atoms with E-state index in [-0.39, 0.29) is 11.4 Å². The normalized spacial score (nSPS) is 23.6. The Balaban J connectivity index is 2.17. The fraction of sp³-hybridized carbons (Fsp3) is 0.462. The minimum absolute atomic E-state index is 0.00665. The molecule has 0 saturated carbocycles. The summed E-state index contributed by atoms with van der Waals surface area (Å²) in [6.07, 6.45) is 1.00. The lowest BCUT2D eigenvalue weighted by Gasteiger charge is -2.15. The van der Waals surface area contributed by atoms with Crippen molar-refractivity contribution in [1.82, 2.24) is 0 Å². The molecule has 0 aromatic heterocycles. The van der Waals surface area contributed by atoms with Gasteiger partial charge < -0.3 is 5.32 Å². The van der Waals surface area contributed by atoms with Gasteiger partial charge >= 0.3 is 0 Å². The second-order valence-electron chi connectivity index (χ2n) is 4.66. The van der Waals surface area contributed by atoms with E-state index >= 15 is 0 Å². The minimum atomic E-state index is -0.232. The van der Waals surface area contributed by atoms with E-state index in [2.05, 4.69) is 24.2 Å². The highest BCUT2D eigenvalue weighted by molar-refractivity contribution is 8.14. The molecule has 1 aliphatic heterocycles. The first-order valence-electron chi connectivity index (χ1n) is 5.78. The van der Waals surface area contributed by atoms with Crippen molar-refractivity contribution in [2.24, 2.45) is 4.99 Å². The third-order valence-corrected chi connectivity index (χ3v) is 4.25. The highest BCUT2D eigenvalue weighted by Gasteiger charge is 2.28. The van der Waals surface area contributed by atoms with Gasteiger partial charge in [-0.3, -0.25) is 4.99 Å². The number of rotatable bonds is 2. The van der Waals surface area contributed by atoms with Gasteiger partial charge in [-0.2, -0.15) is 0 Å². The number of hydrogen-bond donors (Lipinski definition) is 1. The maximum absolute atomic E-state index is 13.6. The number of halogens is 1. The van der Waals surface area contributed by atoms with Crippen LogP contribution in [0.4, 0.5) is 10.1 Å². The van der Waals surface area contributed by atoms with Crippen molar-refractivity contribution in [1.29, 1.82) is 0 Å². The molecule has 1 aliphatic rings. The van der Waals surface area contributed by atoms with Crippen molar-refractivity contribution in [2.45, 2.75) is 32.7 Å². The van der Waals surface area contributed by atoms with Crippen molar-refractivity contribution in [2.75, 3.05) is 11.1 Å². The van der Waals surface area contributed by atoms with Crippen LogP contribution in [0, 0.1) is 12.7 Å². The maximum atomic E-state index is 13.6. The van der Waals surface area contributed by atoms with Crippen molar-refractivity contribution in [3.05, 3.63) is 29.6 Å². The number of nitrogens with one attached hydrogen (secondary N) is 1. The average Bonchev–Trinajstić information content (AvgIpc) is 2.67. The smallest absolute Gasteiger partial charge is 0.161 e. The zero-order valence-corrected chi connectivity index (χ0v) is 11.2. The molecule has 1 atom stereocenters. The lowest BCUT2D eigenvalue weighted by molar-refractivity contribution is 0.522. The molecule has 1 aromatic rings. The van der Waals surface area contributed by atoms with Crippen LogP contribution in [0.2, 0.25) is 0 Å². The van der Waals surface area contributed by atoms with Gasteiger partial charge in [0, 0.05) is 5.75 Å². The Morgan fingerprint density at radius 1 is 1.53 bits per heavy atom. The predicted molar refractivity (Wildman–Crippen MR) is 73.3 cm³/mol. The minimum Gasteiger partial charge on any atom is -0.333 e. The lowest BCUT2D eigenvalue weighted by Crippen LogP contribution is -2.20. The predicted octanol–water partition coefficient (Wildman–Crippen LogP) is 3.82. The summed E-state index contributed by atoms with van der Waals surface area (Å²) >= 11 is 1.66. The molecule has 0 aliphatic carbocycles. The number of hydrogen-bond acceptors (Lipinski definition) is 3. The van der Waals surface area contributed by atoms with E-state index < -0.39 is 0 Å². The van der Waals surface area contributed by atoms with E-state index in [1.165, 1.54) is 6.07 Å². The molecule has 2 nitrogen and oxygen atoms in total. The Morgan fingerprint density at radius 2 is 2.29 bits per heavy atom. The molecule has 4 heteroatoms. The molecule has 0 fully saturated rings. The Morgan fingerprint density at radius 3 is 2.94 bits per heavy atom. The molecule has 1 unspecified atom stereocenters. The highest BCUT2D eigenvalue weighted by Crippen LogP contribution is 2.31. The third-order valence-electron chi connectivity index (χ3n) is 3.02. The Kier molecular flexibility index (Phi) is 3.43. The van der Waals surface area contributed by atoms with Gasteiger partial charge in [-0.25, -0.2) is 4.39 Å². The topological polar surface area (TPSA) is 24.4 Å². The number of aryl methyl sites for hydroxylation is 1. The number of amidine groups is 1. The van der Waals surface area contributed by atoms with E-state index in [1.807, 2.05) is 6.92 Å². The van der Waals surface area contributed by atoms with Crippen molar-refractivity contribution >= 4 is 22.6 Å². The standard InChI is InChI=1S/C13H17FN2S/c1-4-13(3)8-17-12(16-13)15-11-7-9(2)5-6-10(11)14/h5-7H,4,8H2,1-3H3,(H,15,16). The fourth-order valence-electron chi connectivity index (χ4n) is 1.63. The molecule has 0 spiro atoms. The number of nitrogens with zero attached hydrogens (tertiary/aromatic N) is 1. The monoisotopic (exact) mass is 252 g/mol. The zero-order chi connectivity index (χ0) is 12.5. The van der Waals surface area contributed by atoms with Gasteiger partial charge in [-0.15, -0.1) is 0 Å². The Bertz CT molecular complexity index is 459. The average molecular weight is 252 g/mol. The highest BCUT2D eigenvalue weighted by atomic mass is 32.2. The number of benzene rings is 1. The molecule has 1 heterocycles. The first kappa shape index (κ1) is 12.4. The van der Waals surface area contributed by atoms with Crippen molar-refractivity contribution < 1.29 is 4.39 Å². The largest absolute Gasteiger partial charge is 0.333 e. The van der Waals surface area contributed by atoms with E-state index in [0.717, 1.165) is 22.9 Å². The van der Waals surface area contributed by atoms with Crippen LogP contribution in [0.3, 0.4) is 0 Å². The van der Waals surface area contributed by atoms with Gasteiger partial charge in [0.25, 0.3) is 0 Å². The molecule has 1 aromatic carbocycles. The molecule has 0 saturated heterocycles. The molecule has 0 amide bonds. The quantitative estimate of drug-likeness (QED) is 0.865. The van der Waals surface area contributed by atoms with Crippen LogP contribution in [0.15, 0.2) is 23.2 Å². The zero-order valence-electron chi connectivity index (χ0n) is 10.4. The summed E-state index contributed by atoms with van der Waals surface area (Å²) in [6, 6.07) is 5.05. The van der Waals surface area contributed by atoms with Gasteiger partial charge in [-0.05, 0) is 38.0 Å².